The van der Waals surface area contributed by atoms with Crippen molar-refractivity contribution in [2.24, 2.45) is 11.3 Å². The molecule has 140 valence electrons. The summed E-state index contributed by atoms with van der Waals surface area (Å²) >= 11 is 0. The Bertz CT molecular complexity index is 804. The number of anilines is 1. The van der Waals surface area contributed by atoms with Crippen molar-refractivity contribution in [1.29, 1.82) is 0 Å². The molecule has 4 N–H and O–H groups in total. The van der Waals surface area contributed by atoms with Crippen LogP contribution in [-0.4, -0.2) is 57.4 Å². The van der Waals surface area contributed by atoms with E-state index in [0.717, 1.165) is 0 Å². The third kappa shape index (κ3) is 6.09. The van der Waals surface area contributed by atoms with E-state index in [-0.39, 0.29) is 43.8 Å². The molecule has 1 aliphatic rings. The Labute approximate surface area is 161 Å². The second-order valence-electron chi connectivity index (χ2n) is 6.18. The average molecular weight is 381 g/mol. The van der Waals surface area contributed by atoms with Crippen molar-refractivity contribution in [2.75, 3.05) is 18.9 Å². The zero-order valence-electron chi connectivity index (χ0n) is 13.8. The summed E-state index contributed by atoms with van der Waals surface area (Å²) in [6.45, 7) is 2.90. The predicted octanol–water partition coefficient (Wildman–Crippen LogP) is -0.284. The molecule has 1 atom stereocenters. The summed E-state index contributed by atoms with van der Waals surface area (Å²) in [5.41, 5.74) is 4.59. The maximum atomic E-state index is 11.8. The van der Waals surface area contributed by atoms with Crippen LogP contribution in [0.3, 0.4) is 0 Å². The molecule has 1 aromatic heterocycles. The van der Waals surface area contributed by atoms with Crippen molar-refractivity contribution in [1.82, 2.24) is 9.55 Å². The Morgan fingerprint density at radius 1 is 1.50 bits per heavy atom. The molecule has 1 aliphatic carbocycles. The molecule has 1 heterocycles. The van der Waals surface area contributed by atoms with Gasteiger partial charge in [0, 0.05) is 12.4 Å². The van der Waals surface area contributed by atoms with Crippen molar-refractivity contribution >= 4 is 44.7 Å². The molecule has 1 aromatic rings. The van der Waals surface area contributed by atoms with Gasteiger partial charge in [-0.1, -0.05) is 13.8 Å². The van der Waals surface area contributed by atoms with E-state index in [0.29, 0.717) is 12.0 Å². The van der Waals surface area contributed by atoms with Gasteiger partial charge in [0.05, 0.1) is 17.9 Å². The van der Waals surface area contributed by atoms with Crippen LogP contribution in [0.4, 0.5) is 5.82 Å². The third-order valence-corrected chi connectivity index (χ3v) is 4.17. The second kappa shape index (κ2) is 8.52. The van der Waals surface area contributed by atoms with E-state index < -0.39 is 24.9 Å². The van der Waals surface area contributed by atoms with E-state index in [2.05, 4.69) is 9.51 Å². The monoisotopic (exact) mass is 381 g/mol. The van der Waals surface area contributed by atoms with Crippen molar-refractivity contribution in [3.63, 3.8) is 0 Å². The fourth-order valence-electron chi connectivity index (χ4n) is 2.11. The van der Waals surface area contributed by atoms with E-state index in [1.165, 1.54) is 23.0 Å². The van der Waals surface area contributed by atoms with Crippen molar-refractivity contribution < 1.29 is 28.4 Å². The van der Waals surface area contributed by atoms with Crippen molar-refractivity contribution in [3.8, 4) is 0 Å². The number of nitrogen functional groups attached to an aromatic ring is 1. The number of aromatic nitrogens is 2. The van der Waals surface area contributed by atoms with Gasteiger partial charge in [0.15, 0.2) is 0 Å². The van der Waals surface area contributed by atoms with E-state index in [1.807, 2.05) is 0 Å². The standard InChI is InChI=1S/C14H20N3O7P.Li.H/c1-9(2)12(18)23-7-14(8-24-25(20,21)22)5-10(14)6-17-4-3-11(15)16-13(17)19;;/h3-4,6,9H,5,7-8H2,1-2H3,(H2,15,16,19)(H2,20,21,22);;/b10-6-;;/t14-;;/m0../s1. The SMILES string of the molecule is CC(C)C(=O)OC[C@]1(COP(=O)(O)O)C/C1=C/n1ccc(N)nc1=O.[LiH]. The van der Waals surface area contributed by atoms with Gasteiger partial charge in [-0.25, -0.2) is 9.36 Å². The number of ether oxygens (including phenoxy) is 1. The Morgan fingerprint density at radius 2 is 2.15 bits per heavy atom. The first-order valence-electron chi connectivity index (χ1n) is 7.45. The Morgan fingerprint density at radius 3 is 2.69 bits per heavy atom. The number of carbonyl (C=O) groups is 1. The Kier molecular flexibility index (Phi) is 7.42. The van der Waals surface area contributed by atoms with Gasteiger partial charge in [-0.05, 0) is 18.1 Å². The van der Waals surface area contributed by atoms with Gasteiger partial charge in [0.1, 0.15) is 12.4 Å². The molecular weight excluding hydrogens is 360 g/mol. The molecular formula is C14H21LiN3O7P. The molecule has 0 unspecified atom stereocenters. The van der Waals surface area contributed by atoms with Gasteiger partial charge in [0.2, 0.25) is 0 Å². The van der Waals surface area contributed by atoms with E-state index in [1.54, 1.807) is 13.8 Å². The molecule has 0 aromatic carbocycles. The molecule has 1 saturated carbocycles. The number of phosphoric ester groups is 1. The van der Waals surface area contributed by atoms with Crippen LogP contribution >= 0.6 is 7.82 Å². The number of carbonyl (C=O) groups excluding carboxylic acids is 1. The van der Waals surface area contributed by atoms with Crippen LogP contribution in [0.5, 0.6) is 0 Å². The van der Waals surface area contributed by atoms with Crippen molar-refractivity contribution in [2.45, 2.75) is 20.3 Å². The number of hydrogen-bond donors (Lipinski definition) is 3. The van der Waals surface area contributed by atoms with E-state index in [4.69, 9.17) is 20.3 Å². The minimum atomic E-state index is -4.68. The summed E-state index contributed by atoms with van der Waals surface area (Å²) in [6.07, 6.45) is 3.25. The van der Waals surface area contributed by atoms with Crippen molar-refractivity contribution in [3.05, 3.63) is 28.3 Å². The summed E-state index contributed by atoms with van der Waals surface area (Å²) in [4.78, 5) is 44.8. The average Bonchev–Trinajstić information content (AvgIpc) is 3.18. The summed E-state index contributed by atoms with van der Waals surface area (Å²) in [5.74, 6) is -0.694. The normalized spacial score (nSPS) is 20.7. The molecule has 2 rings (SSSR count). The quantitative estimate of drug-likeness (QED) is 0.328. The molecule has 10 nitrogen and oxygen atoms in total. The Balaban J connectivity index is 0.00000338. The first-order chi connectivity index (χ1) is 11.5. The molecule has 1 fully saturated rings. The van der Waals surface area contributed by atoms with Crippen LogP contribution in [-0.2, 0) is 18.6 Å². The van der Waals surface area contributed by atoms with Crippen LogP contribution in [0, 0.1) is 11.3 Å². The van der Waals surface area contributed by atoms with Crippen LogP contribution in [0.1, 0.15) is 20.3 Å². The van der Waals surface area contributed by atoms with Gasteiger partial charge >= 0.3 is 38.3 Å². The molecule has 0 spiro atoms. The number of hydrogen-bond acceptors (Lipinski definition) is 7. The predicted molar refractivity (Wildman–Crippen MR) is 95.2 cm³/mol. The fraction of sp³-hybridized carbons (Fsp3) is 0.500. The number of nitrogens with two attached hydrogens (primary N) is 1. The topological polar surface area (TPSA) is 154 Å². The van der Waals surface area contributed by atoms with Gasteiger partial charge in [-0.2, -0.15) is 4.98 Å². The summed E-state index contributed by atoms with van der Waals surface area (Å²) in [5, 5.41) is 0. The molecule has 0 bridgehead atoms. The van der Waals surface area contributed by atoms with E-state index in [9.17, 15) is 14.2 Å². The number of phosphoric acid groups is 1. The van der Waals surface area contributed by atoms with E-state index >= 15 is 0 Å². The third-order valence-electron chi connectivity index (χ3n) is 3.70. The van der Waals surface area contributed by atoms with Gasteiger partial charge in [-0.15, -0.1) is 0 Å². The first kappa shape index (κ1) is 22.6. The van der Waals surface area contributed by atoms with Crippen LogP contribution in [0.15, 0.2) is 22.6 Å². The summed E-state index contributed by atoms with van der Waals surface area (Å²) in [6, 6.07) is 1.44. The number of rotatable bonds is 7. The van der Waals surface area contributed by atoms with Gasteiger partial charge in [0.25, 0.3) is 0 Å². The molecule has 0 amide bonds. The molecule has 0 radical (unpaired) electrons. The summed E-state index contributed by atoms with van der Waals surface area (Å²) < 4.78 is 21.9. The number of nitrogens with zero attached hydrogens (tertiary/aromatic N) is 2. The second-order valence-corrected chi connectivity index (χ2v) is 7.42. The fourth-order valence-corrected chi connectivity index (χ4v) is 2.52. The van der Waals surface area contributed by atoms with Crippen LogP contribution < -0.4 is 11.4 Å². The molecule has 0 aliphatic heterocycles. The zero-order chi connectivity index (χ0) is 18.8. The number of esters is 1. The zero-order valence-corrected chi connectivity index (χ0v) is 14.7. The molecule has 26 heavy (non-hydrogen) atoms. The Hall–Kier alpha value is -1.40. The van der Waals surface area contributed by atoms with Crippen LogP contribution in [0.25, 0.3) is 6.20 Å². The molecule has 0 saturated heterocycles. The minimum absolute atomic E-state index is 0. The molecule has 12 heteroatoms. The summed E-state index contributed by atoms with van der Waals surface area (Å²) in [7, 11) is -4.68. The van der Waals surface area contributed by atoms with Gasteiger partial charge < -0.3 is 20.3 Å². The van der Waals surface area contributed by atoms with Crippen LogP contribution in [0.2, 0.25) is 0 Å². The maximum absolute atomic E-state index is 11.8. The van der Waals surface area contributed by atoms with Gasteiger partial charge in [-0.3, -0.25) is 13.9 Å². The first-order valence-corrected chi connectivity index (χ1v) is 8.98.